The van der Waals surface area contributed by atoms with Crippen molar-refractivity contribution < 1.29 is 9.59 Å². The lowest BCUT2D eigenvalue weighted by Gasteiger charge is -2.37. The van der Waals surface area contributed by atoms with E-state index in [1.165, 1.54) is 0 Å². The molecule has 0 aromatic carbocycles. The summed E-state index contributed by atoms with van der Waals surface area (Å²) in [5.74, 6) is -0.00866. The van der Waals surface area contributed by atoms with Crippen LogP contribution in [0.3, 0.4) is 0 Å². The van der Waals surface area contributed by atoms with Gasteiger partial charge in [0.25, 0.3) is 0 Å². The van der Waals surface area contributed by atoms with Gasteiger partial charge in [-0.1, -0.05) is 6.92 Å². The minimum Gasteiger partial charge on any atom is -0.369 e. The first-order valence-electron chi connectivity index (χ1n) is 7.88. The molecule has 2 amide bonds. The number of amides is 2. The van der Waals surface area contributed by atoms with E-state index in [4.69, 9.17) is 5.73 Å². The summed E-state index contributed by atoms with van der Waals surface area (Å²) in [4.78, 5) is 23.7. The van der Waals surface area contributed by atoms with Gasteiger partial charge < -0.3 is 16.4 Å². The molecule has 5 nitrogen and oxygen atoms in total. The Kier molecular flexibility index (Phi) is 5.02. The highest BCUT2D eigenvalue weighted by Gasteiger charge is 2.39. The standard InChI is InChI=1S/C15H27N3O2/c1-2-15(8-3-9-17-10-15)14(20)18-12-6-4-11(5-7-12)13(16)19/h11-12,17H,2-10H2,1H3,(H2,16,19)(H,18,20). The van der Waals surface area contributed by atoms with Crippen molar-refractivity contribution in [2.45, 2.75) is 57.9 Å². The van der Waals surface area contributed by atoms with Crippen LogP contribution in [0.4, 0.5) is 0 Å². The van der Waals surface area contributed by atoms with Gasteiger partial charge in [0.2, 0.25) is 11.8 Å². The molecular formula is C15H27N3O2. The molecule has 4 N–H and O–H groups in total. The SMILES string of the molecule is CCC1(C(=O)NC2CCC(C(N)=O)CC2)CCCNC1. The summed E-state index contributed by atoms with van der Waals surface area (Å²) < 4.78 is 0. The van der Waals surface area contributed by atoms with Crippen LogP contribution in [0.5, 0.6) is 0 Å². The fourth-order valence-electron chi connectivity index (χ4n) is 3.48. The highest BCUT2D eigenvalue weighted by Crippen LogP contribution is 2.31. The van der Waals surface area contributed by atoms with E-state index in [0.29, 0.717) is 0 Å². The second kappa shape index (κ2) is 6.57. The molecule has 1 saturated carbocycles. The highest BCUT2D eigenvalue weighted by molar-refractivity contribution is 5.83. The van der Waals surface area contributed by atoms with Gasteiger partial charge in [-0.25, -0.2) is 0 Å². The average molecular weight is 281 g/mol. The first-order chi connectivity index (χ1) is 9.57. The van der Waals surface area contributed by atoms with Crippen molar-refractivity contribution in [3.05, 3.63) is 0 Å². The van der Waals surface area contributed by atoms with E-state index in [9.17, 15) is 9.59 Å². The topological polar surface area (TPSA) is 84.2 Å². The fraction of sp³-hybridized carbons (Fsp3) is 0.867. The van der Waals surface area contributed by atoms with Crippen LogP contribution in [-0.2, 0) is 9.59 Å². The predicted molar refractivity (Wildman–Crippen MR) is 77.9 cm³/mol. The molecule has 0 bridgehead atoms. The molecule has 1 aliphatic carbocycles. The second-order valence-electron chi connectivity index (χ2n) is 6.34. The first kappa shape index (κ1) is 15.3. The summed E-state index contributed by atoms with van der Waals surface area (Å²) in [6, 6.07) is 0.212. The van der Waals surface area contributed by atoms with E-state index in [-0.39, 0.29) is 29.2 Å². The lowest BCUT2D eigenvalue weighted by Crippen LogP contribution is -2.53. The Morgan fingerprint density at radius 2 is 2.00 bits per heavy atom. The molecular weight excluding hydrogens is 254 g/mol. The van der Waals surface area contributed by atoms with Crippen LogP contribution >= 0.6 is 0 Å². The number of primary amides is 1. The summed E-state index contributed by atoms with van der Waals surface area (Å²) in [5, 5.41) is 6.55. The average Bonchev–Trinajstić information content (AvgIpc) is 2.48. The third kappa shape index (κ3) is 3.32. The number of rotatable bonds is 4. The van der Waals surface area contributed by atoms with Gasteiger partial charge in [0.15, 0.2) is 0 Å². The molecule has 0 spiro atoms. The van der Waals surface area contributed by atoms with E-state index in [1.807, 2.05) is 0 Å². The van der Waals surface area contributed by atoms with E-state index >= 15 is 0 Å². The van der Waals surface area contributed by atoms with Gasteiger partial charge in [0.05, 0.1) is 5.41 Å². The largest absolute Gasteiger partial charge is 0.369 e. The minimum absolute atomic E-state index is 0.000338. The Balaban J connectivity index is 1.86. The Bertz CT molecular complexity index is 356. The molecule has 2 fully saturated rings. The molecule has 114 valence electrons. The van der Waals surface area contributed by atoms with E-state index < -0.39 is 0 Å². The van der Waals surface area contributed by atoms with Gasteiger partial charge in [0, 0.05) is 18.5 Å². The van der Waals surface area contributed by atoms with Gasteiger partial charge >= 0.3 is 0 Å². The Labute approximate surface area is 121 Å². The normalized spacial score (nSPS) is 34.5. The summed E-state index contributed by atoms with van der Waals surface area (Å²) in [6.45, 7) is 3.89. The maximum absolute atomic E-state index is 12.6. The van der Waals surface area contributed by atoms with Crippen LogP contribution in [-0.4, -0.2) is 30.9 Å². The van der Waals surface area contributed by atoms with Crippen molar-refractivity contribution in [1.82, 2.24) is 10.6 Å². The van der Waals surface area contributed by atoms with Crippen molar-refractivity contribution in [2.24, 2.45) is 17.1 Å². The van der Waals surface area contributed by atoms with Gasteiger partial charge in [0.1, 0.15) is 0 Å². The van der Waals surface area contributed by atoms with Gasteiger partial charge in [-0.15, -0.1) is 0 Å². The minimum atomic E-state index is -0.237. The number of piperidine rings is 1. The fourth-order valence-corrected chi connectivity index (χ4v) is 3.48. The summed E-state index contributed by atoms with van der Waals surface area (Å²) in [5.41, 5.74) is 5.10. The number of nitrogens with two attached hydrogens (primary N) is 1. The highest BCUT2D eigenvalue weighted by atomic mass is 16.2. The maximum atomic E-state index is 12.6. The molecule has 0 aromatic rings. The number of hydrogen-bond donors (Lipinski definition) is 3. The molecule has 0 radical (unpaired) electrons. The third-order valence-corrected chi connectivity index (χ3v) is 5.10. The summed E-state index contributed by atoms with van der Waals surface area (Å²) in [7, 11) is 0. The van der Waals surface area contributed by atoms with Gasteiger partial charge in [-0.2, -0.15) is 0 Å². The van der Waals surface area contributed by atoms with Crippen LogP contribution in [0.15, 0.2) is 0 Å². The van der Waals surface area contributed by atoms with Crippen molar-refractivity contribution in [3.63, 3.8) is 0 Å². The Morgan fingerprint density at radius 3 is 2.50 bits per heavy atom. The lowest BCUT2D eigenvalue weighted by atomic mass is 9.76. The van der Waals surface area contributed by atoms with Crippen molar-refractivity contribution in [2.75, 3.05) is 13.1 Å². The van der Waals surface area contributed by atoms with Crippen LogP contribution in [0.25, 0.3) is 0 Å². The van der Waals surface area contributed by atoms with E-state index in [1.54, 1.807) is 0 Å². The molecule has 2 aliphatic rings. The Morgan fingerprint density at radius 1 is 1.30 bits per heavy atom. The van der Waals surface area contributed by atoms with Crippen molar-refractivity contribution in [3.8, 4) is 0 Å². The number of carbonyl (C=O) groups excluding carboxylic acids is 2. The zero-order valence-corrected chi connectivity index (χ0v) is 12.4. The molecule has 20 heavy (non-hydrogen) atoms. The number of nitrogens with one attached hydrogen (secondary N) is 2. The second-order valence-corrected chi connectivity index (χ2v) is 6.34. The molecule has 1 aliphatic heterocycles. The van der Waals surface area contributed by atoms with Crippen LogP contribution in [0, 0.1) is 11.3 Å². The predicted octanol–water partition coefficient (Wildman–Crippen LogP) is 0.927. The third-order valence-electron chi connectivity index (χ3n) is 5.10. The molecule has 2 rings (SSSR count). The smallest absolute Gasteiger partial charge is 0.227 e. The number of hydrogen-bond acceptors (Lipinski definition) is 3. The molecule has 1 unspecified atom stereocenters. The zero-order chi connectivity index (χ0) is 14.6. The number of carbonyl (C=O) groups is 2. The summed E-state index contributed by atoms with van der Waals surface area (Å²) >= 11 is 0. The maximum Gasteiger partial charge on any atom is 0.227 e. The quantitative estimate of drug-likeness (QED) is 0.716. The van der Waals surface area contributed by atoms with Crippen LogP contribution in [0.2, 0.25) is 0 Å². The Hall–Kier alpha value is -1.10. The van der Waals surface area contributed by atoms with E-state index in [2.05, 4.69) is 17.6 Å². The molecule has 0 aromatic heterocycles. The van der Waals surface area contributed by atoms with Gasteiger partial charge in [-0.3, -0.25) is 9.59 Å². The molecule has 5 heteroatoms. The molecule has 1 saturated heterocycles. The molecule has 1 heterocycles. The monoisotopic (exact) mass is 281 g/mol. The van der Waals surface area contributed by atoms with E-state index in [0.717, 1.165) is 58.0 Å². The van der Waals surface area contributed by atoms with Crippen LogP contribution in [0.1, 0.15) is 51.9 Å². The first-order valence-corrected chi connectivity index (χ1v) is 7.88. The van der Waals surface area contributed by atoms with Crippen molar-refractivity contribution in [1.29, 1.82) is 0 Å². The molecule has 1 atom stereocenters. The van der Waals surface area contributed by atoms with Crippen molar-refractivity contribution >= 4 is 11.8 Å². The lowest BCUT2D eigenvalue weighted by molar-refractivity contribution is -0.133. The summed E-state index contributed by atoms with van der Waals surface area (Å²) in [6.07, 6.45) is 6.26. The van der Waals surface area contributed by atoms with Gasteiger partial charge in [-0.05, 0) is 51.5 Å². The van der Waals surface area contributed by atoms with Crippen LogP contribution < -0.4 is 16.4 Å². The zero-order valence-electron chi connectivity index (χ0n) is 12.4.